The molecular formula is C23H28N4O4S. The minimum absolute atomic E-state index is 0.131. The molecule has 1 N–H and O–H groups in total. The van der Waals surface area contributed by atoms with Crippen molar-refractivity contribution in [2.24, 2.45) is 11.8 Å². The van der Waals surface area contributed by atoms with Gasteiger partial charge in [-0.05, 0) is 60.6 Å². The standard InChI is InChI=1S/C23H28N4O4S/c1-17(28)25-21-4-6-22(7-5-21)32(30,31)27-12-9-19-13-23(29)26(11-8-20(19)16-27)15-18-3-2-10-24-14-18/h2-7,10,14,19-20H,8-9,11-13,15-16H2,1H3,(H,25,28)/t19-,20+/m1/s1. The first-order valence-electron chi connectivity index (χ1n) is 10.9. The predicted octanol–water partition coefficient (Wildman–Crippen LogP) is 2.49. The number of nitrogens with zero attached hydrogens (tertiary/aromatic N) is 3. The number of benzene rings is 1. The number of nitrogens with one attached hydrogen (secondary N) is 1. The maximum absolute atomic E-state index is 13.2. The number of carbonyl (C=O) groups excluding carboxylic acids is 2. The molecule has 2 aromatic rings. The number of likely N-dealkylation sites (tertiary alicyclic amines) is 1. The molecular weight excluding hydrogens is 428 g/mol. The Morgan fingerprint density at radius 3 is 2.56 bits per heavy atom. The maximum atomic E-state index is 13.2. The van der Waals surface area contributed by atoms with E-state index in [0.29, 0.717) is 44.7 Å². The van der Waals surface area contributed by atoms with Crippen LogP contribution in [0.5, 0.6) is 0 Å². The van der Waals surface area contributed by atoms with E-state index in [2.05, 4.69) is 10.3 Å². The van der Waals surface area contributed by atoms with Crippen molar-refractivity contribution < 1.29 is 18.0 Å². The second-order valence-corrected chi connectivity index (χ2v) is 10.5. The van der Waals surface area contributed by atoms with Crippen LogP contribution in [-0.2, 0) is 26.2 Å². The lowest BCUT2D eigenvalue weighted by molar-refractivity contribution is -0.132. The number of pyridine rings is 1. The quantitative estimate of drug-likeness (QED) is 0.745. The fourth-order valence-electron chi connectivity index (χ4n) is 4.60. The Bertz CT molecular complexity index is 1070. The Kier molecular flexibility index (Phi) is 6.57. The van der Waals surface area contributed by atoms with Crippen molar-refractivity contribution in [3.8, 4) is 0 Å². The van der Waals surface area contributed by atoms with Crippen LogP contribution in [0.1, 0.15) is 31.7 Å². The van der Waals surface area contributed by atoms with Gasteiger partial charge in [0.15, 0.2) is 0 Å². The zero-order valence-corrected chi connectivity index (χ0v) is 18.9. The Balaban J connectivity index is 1.43. The Labute approximate surface area is 188 Å². The lowest BCUT2D eigenvalue weighted by Crippen LogP contribution is -2.43. The van der Waals surface area contributed by atoms with Gasteiger partial charge in [0.25, 0.3) is 0 Å². The van der Waals surface area contributed by atoms with Gasteiger partial charge in [-0.25, -0.2) is 8.42 Å². The van der Waals surface area contributed by atoms with Gasteiger partial charge in [-0.3, -0.25) is 14.6 Å². The maximum Gasteiger partial charge on any atom is 0.243 e. The first-order chi connectivity index (χ1) is 15.3. The molecule has 0 spiro atoms. The van der Waals surface area contributed by atoms with E-state index in [4.69, 9.17) is 0 Å². The number of fused-ring (bicyclic) bond motifs is 1. The summed E-state index contributed by atoms with van der Waals surface area (Å²) in [5, 5.41) is 2.64. The lowest BCUT2D eigenvalue weighted by Gasteiger charge is -2.36. The average Bonchev–Trinajstić information content (AvgIpc) is 2.92. The summed E-state index contributed by atoms with van der Waals surface area (Å²) in [4.78, 5) is 30.2. The molecule has 0 bridgehead atoms. The molecule has 3 heterocycles. The minimum Gasteiger partial charge on any atom is -0.338 e. The summed E-state index contributed by atoms with van der Waals surface area (Å²) < 4.78 is 28.0. The fourth-order valence-corrected chi connectivity index (χ4v) is 6.11. The molecule has 9 heteroatoms. The van der Waals surface area contributed by atoms with Gasteiger partial charge in [0.1, 0.15) is 0 Å². The highest BCUT2D eigenvalue weighted by atomic mass is 32.2. The molecule has 170 valence electrons. The third-order valence-corrected chi connectivity index (χ3v) is 8.20. The molecule has 2 atom stereocenters. The van der Waals surface area contributed by atoms with Crippen LogP contribution in [-0.4, -0.2) is 54.1 Å². The predicted molar refractivity (Wildman–Crippen MR) is 120 cm³/mol. The van der Waals surface area contributed by atoms with Gasteiger partial charge in [-0.1, -0.05) is 6.07 Å². The zero-order valence-electron chi connectivity index (χ0n) is 18.1. The number of amides is 2. The number of carbonyl (C=O) groups is 2. The van der Waals surface area contributed by atoms with E-state index in [1.807, 2.05) is 17.0 Å². The van der Waals surface area contributed by atoms with E-state index in [0.717, 1.165) is 12.0 Å². The third-order valence-electron chi connectivity index (χ3n) is 6.32. The van der Waals surface area contributed by atoms with Gasteiger partial charge >= 0.3 is 0 Å². The molecule has 0 saturated carbocycles. The van der Waals surface area contributed by atoms with E-state index in [9.17, 15) is 18.0 Å². The molecule has 4 rings (SSSR count). The highest BCUT2D eigenvalue weighted by molar-refractivity contribution is 7.89. The monoisotopic (exact) mass is 456 g/mol. The number of hydrogen-bond acceptors (Lipinski definition) is 5. The zero-order chi connectivity index (χ0) is 22.7. The van der Waals surface area contributed by atoms with Crippen LogP contribution in [0.2, 0.25) is 0 Å². The largest absolute Gasteiger partial charge is 0.338 e. The molecule has 2 aliphatic heterocycles. The number of piperidine rings is 1. The molecule has 1 aromatic carbocycles. The average molecular weight is 457 g/mol. The molecule has 32 heavy (non-hydrogen) atoms. The van der Waals surface area contributed by atoms with Crippen LogP contribution in [0.3, 0.4) is 0 Å². The van der Waals surface area contributed by atoms with Crippen LogP contribution in [0.4, 0.5) is 5.69 Å². The molecule has 0 unspecified atom stereocenters. The second kappa shape index (κ2) is 9.38. The number of sulfonamides is 1. The minimum atomic E-state index is -3.63. The lowest BCUT2D eigenvalue weighted by atomic mass is 9.83. The van der Waals surface area contributed by atoms with Gasteiger partial charge in [0.2, 0.25) is 21.8 Å². The van der Waals surface area contributed by atoms with Gasteiger partial charge in [0.05, 0.1) is 4.90 Å². The Morgan fingerprint density at radius 1 is 1.12 bits per heavy atom. The van der Waals surface area contributed by atoms with E-state index in [-0.39, 0.29) is 28.5 Å². The van der Waals surface area contributed by atoms with Gasteiger partial charge in [-0.15, -0.1) is 0 Å². The van der Waals surface area contributed by atoms with Crippen molar-refractivity contribution in [2.75, 3.05) is 25.0 Å². The van der Waals surface area contributed by atoms with Gasteiger partial charge in [-0.2, -0.15) is 4.31 Å². The summed E-state index contributed by atoms with van der Waals surface area (Å²) in [5.41, 5.74) is 1.56. The Hall–Kier alpha value is -2.78. The molecule has 0 aliphatic carbocycles. The highest BCUT2D eigenvalue weighted by Gasteiger charge is 2.38. The van der Waals surface area contributed by atoms with E-state index < -0.39 is 10.0 Å². The highest BCUT2D eigenvalue weighted by Crippen LogP contribution is 2.35. The molecule has 2 saturated heterocycles. The SMILES string of the molecule is CC(=O)Nc1ccc(S(=O)(=O)N2CC[C@@H]3CC(=O)N(Cc4cccnc4)CC[C@H]3C2)cc1. The van der Waals surface area contributed by atoms with Crippen molar-refractivity contribution in [1.29, 1.82) is 0 Å². The summed E-state index contributed by atoms with van der Waals surface area (Å²) in [6, 6.07) is 10.1. The van der Waals surface area contributed by atoms with Gasteiger partial charge in [0, 0.05) is 57.6 Å². The molecule has 2 amide bonds. The molecule has 1 aromatic heterocycles. The third kappa shape index (κ3) is 4.99. The van der Waals surface area contributed by atoms with Crippen LogP contribution < -0.4 is 5.32 Å². The molecule has 8 nitrogen and oxygen atoms in total. The van der Waals surface area contributed by atoms with E-state index in [1.165, 1.54) is 19.1 Å². The number of rotatable bonds is 5. The molecule has 2 fully saturated rings. The van der Waals surface area contributed by atoms with Crippen molar-refractivity contribution in [1.82, 2.24) is 14.2 Å². The number of hydrogen-bond donors (Lipinski definition) is 1. The summed E-state index contributed by atoms with van der Waals surface area (Å²) >= 11 is 0. The molecule has 0 radical (unpaired) electrons. The van der Waals surface area contributed by atoms with Crippen LogP contribution in [0.25, 0.3) is 0 Å². The summed E-state index contributed by atoms with van der Waals surface area (Å²) in [5.74, 6) is 0.282. The Morgan fingerprint density at radius 2 is 1.88 bits per heavy atom. The van der Waals surface area contributed by atoms with Crippen molar-refractivity contribution in [3.05, 3.63) is 54.4 Å². The van der Waals surface area contributed by atoms with E-state index >= 15 is 0 Å². The van der Waals surface area contributed by atoms with Gasteiger partial charge < -0.3 is 10.2 Å². The second-order valence-electron chi connectivity index (χ2n) is 8.55. The number of anilines is 1. The summed E-state index contributed by atoms with van der Waals surface area (Å²) in [6.45, 7) is 3.40. The van der Waals surface area contributed by atoms with Crippen molar-refractivity contribution >= 4 is 27.5 Å². The fraction of sp³-hybridized carbons (Fsp3) is 0.435. The van der Waals surface area contributed by atoms with Crippen LogP contribution >= 0.6 is 0 Å². The van der Waals surface area contributed by atoms with Crippen LogP contribution in [0.15, 0.2) is 53.7 Å². The smallest absolute Gasteiger partial charge is 0.243 e. The number of aromatic nitrogens is 1. The van der Waals surface area contributed by atoms with E-state index in [1.54, 1.807) is 28.8 Å². The van der Waals surface area contributed by atoms with Crippen molar-refractivity contribution in [2.45, 2.75) is 37.6 Å². The first kappa shape index (κ1) is 22.4. The molecule has 2 aliphatic rings. The van der Waals surface area contributed by atoms with Crippen LogP contribution in [0, 0.1) is 11.8 Å². The summed E-state index contributed by atoms with van der Waals surface area (Å²) in [7, 11) is -3.63. The topological polar surface area (TPSA) is 99.7 Å². The first-order valence-corrected chi connectivity index (χ1v) is 12.3. The summed E-state index contributed by atoms with van der Waals surface area (Å²) in [6.07, 6.45) is 5.41. The normalized spacial score (nSPS) is 22.2. The van der Waals surface area contributed by atoms with Crippen molar-refractivity contribution in [3.63, 3.8) is 0 Å².